The molecule has 8 heteroatoms. The second kappa shape index (κ2) is 9.93. The Morgan fingerprint density at radius 3 is 1.75 bits per heavy atom. The minimum Gasteiger partial charge on any atom is -0.493 e. The van der Waals surface area contributed by atoms with Crippen LogP contribution in [0.4, 0.5) is 0 Å². The zero-order chi connectivity index (χ0) is 21.6. The molecule has 28 heavy (non-hydrogen) atoms. The molecule has 0 aliphatic carbocycles. The van der Waals surface area contributed by atoms with Crippen LogP contribution in [0.3, 0.4) is 0 Å². The van der Waals surface area contributed by atoms with E-state index < -0.39 is 14.1 Å². The summed E-state index contributed by atoms with van der Waals surface area (Å²) in [4.78, 5) is 0. The third-order valence-corrected chi connectivity index (χ3v) is 9.91. The Morgan fingerprint density at radius 1 is 0.893 bits per heavy atom. The van der Waals surface area contributed by atoms with E-state index in [1.54, 1.807) is 12.1 Å². The lowest BCUT2D eigenvalue weighted by Crippen LogP contribution is -2.41. The molecule has 0 aromatic heterocycles. The van der Waals surface area contributed by atoms with E-state index >= 15 is 0 Å². The maximum atomic E-state index is 9.77. The maximum absolute atomic E-state index is 9.77. The van der Waals surface area contributed by atoms with E-state index in [1.807, 2.05) is 0 Å². The minimum absolute atomic E-state index is 0.137. The van der Waals surface area contributed by atoms with Crippen LogP contribution in [-0.4, -0.2) is 61.7 Å². The number of methoxy groups -OCH3 is 4. The number of aliphatic hydroxyl groups is 1. The molecule has 0 saturated heterocycles. The van der Waals surface area contributed by atoms with E-state index in [-0.39, 0.29) is 11.6 Å². The Balaban J connectivity index is 3.04. The lowest BCUT2D eigenvalue weighted by atomic mass is 10.0. The number of hydrogen-bond acceptors (Lipinski definition) is 7. The Bertz CT molecular complexity index is 588. The van der Waals surface area contributed by atoms with Gasteiger partial charge in [-0.15, -0.1) is 0 Å². The molecular weight excluding hydrogens is 380 g/mol. The first-order valence-corrected chi connectivity index (χ1v) is 12.2. The summed E-state index contributed by atoms with van der Waals surface area (Å²) >= 11 is 0. The van der Waals surface area contributed by atoms with Crippen molar-refractivity contribution in [2.45, 2.75) is 44.7 Å². The van der Waals surface area contributed by atoms with Crippen molar-refractivity contribution in [2.24, 2.45) is 0 Å². The van der Waals surface area contributed by atoms with Gasteiger partial charge >= 0.3 is 0 Å². The first kappa shape index (κ1) is 24.7. The number of benzene rings is 1. The summed E-state index contributed by atoms with van der Waals surface area (Å²) in [5.74, 6) is 0.0543. The number of hydrogen-bond donors (Lipinski definition) is 1. The van der Waals surface area contributed by atoms with Crippen molar-refractivity contribution in [3.05, 3.63) is 17.7 Å². The SMILES string of the molecule is COc1cc(C(CO)(OC)OC)cc(OC)c1OCCO[Si](C)(C)C(C)(C)C. The quantitative estimate of drug-likeness (QED) is 0.336. The average Bonchev–Trinajstić information content (AvgIpc) is 2.66. The Hall–Kier alpha value is -1.32. The van der Waals surface area contributed by atoms with Crippen LogP contribution in [0, 0.1) is 0 Å². The molecule has 0 fully saturated rings. The normalized spacial score (nSPS) is 12.8. The topological polar surface area (TPSA) is 75.6 Å². The van der Waals surface area contributed by atoms with E-state index in [0.717, 1.165) is 0 Å². The van der Waals surface area contributed by atoms with Crippen molar-refractivity contribution in [2.75, 3.05) is 48.3 Å². The Labute approximate surface area is 170 Å². The first-order valence-electron chi connectivity index (χ1n) is 9.26. The second-order valence-electron chi connectivity index (χ2n) is 7.99. The first-order chi connectivity index (χ1) is 13.0. The lowest BCUT2D eigenvalue weighted by molar-refractivity contribution is -0.236. The van der Waals surface area contributed by atoms with Crippen molar-refractivity contribution in [3.63, 3.8) is 0 Å². The molecule has 0 atom stereocenters. The van der Waals surface area contributed by atoms with Gasteiger partial charge in [0, 0.05) is 19.8 Å². The zero-order valence-electron chi connectivity index (χ0n) is 18.7. The predicted octanol–water partition coefficient (Wildman–Crippen LogP) is 3.54. The van der Waals surface area contributed by atoms with Crippen LogP contribution < -0.4 is 14.2 Å². The zero-order valence-corrected chi connectivity index (χ0v) is 19.7. The summed E-state index contributed by atoms with van der Waals surface area (Å²) in [7, 11) is 4.16. The molecule has 162 valence electrons. The summed E-state index contributed by atoms with van der Waals surface area (Å²) in [6.45, 7) is 11.5. The third-order valence-electron chi connectivity index (χ3n) is 5.37. The fraction of sp³-hybridized carbons (Fsp3) is 0.700. The summed E-state index contributed by atoms with van der Waals surface area (Å²) in [5, 5.41) is 9.90. The molecule has 0 radical (unpaired) electrons. The Kier molecular flexibility index (Phi) is 8.77. The highest BCUT2D eigenvalue weighted by Crippen LogP contribution is 2.42. The van der Waals surface area contributed by atoms with Gasteiger partial charge < -0.3 is 33.2 Å². The highest BCUT2D eigenvalue weighted by molar-refractivity contribution is 6.74. The van der Waals surface area contributed by atoms with Crippen LogP contribution in [0.15, 0.2) is 12.1 Å². The highest BCUT2D eigenvalue weighted by Gasteiger charge is 2.37. The summed E-state index contributed by atoms with van der Waals surface area (Å²) in [6, 6.07) is 3.41. The smallest absolute Gasteiger partial charge is 0.218 e. The van der Waals surface area contributed by atoms with Crippen LogP contribution in [0.2, 0.25) is 18.1 Å². The van der Waals surface area contributed by atoms with Crippen LogP contribution >= 0.6 is 0 Å². The molecule has 7 nitrogen and oxygen atoms in total. The van der Waals surface area contributed by atoms with Gasteiger partial charge in [0.05, 0.1) is 20.8 Å². The van der Waals surface area contributed by atoms with E-state index in [1.165, 1.54) is 28.4 Å². The van der Waals surface area contributed by atoms with E-state index in [4.69, 9.17) is 28.1 Å². The van der Waals surface area contributed by atoms with Crippen molar-refractivity contribution in [1.82, 2.24) is 0 Å². The number of rotatable bonds is 11. The largest absolute Gasteiger partial charge is 0.493 e. The molecule has 0 spiro atoms. The van der Waals surface area contributed by atoms with Crippen LogP contribution in [0.25, 0.3) is 0 Å². The maximum Gasteiger partial charge on any atom is 0.218 e. The van der Waals surface area contributed by atoms with E-state index in [0.29, 0.717) is 36.0 Å². The second-order valence-corrected chi connectivity index (χ2v) is 12.8. The molecule has 0 heterocycles. The van der Waals surface area contributed by atoms with Gasteiger partial charge in [-0.2, -0.15) is 0 Å². The van der Waals surface area contributed by atoms with Gasteiger partial charge in [0.25, 0.3) is 0 Å². The van der Waals surface area contributed by atoms with Crippen LogP contribution in [0.1, 0.15) is 26.3 Å². The van der Waals surface area contributed by atoms with Gasteiger partial charge in [0.2, 0.25) is 11.5 Å². The van der Waals surface area contributed by atoms with Crippen LogP contribution in [-0.2, 0) is 19.7 Å². The van der Waals surface area contributed by atoms with Gasteiger partial charge in [-0.25, -0.2) is 0 Å². The molecule has 1 aromatic rings. The third kappa shape index (κ3) is 5.39. The fourth-order valence-electron chi connectivity index (χ4n) is 2.44. The van der Waals surface area contributed by atoms with Gasteiger partial charge in [-0.05, 0) is 30.3 Å². The Morgan fingerprint density at radius 2 is 1.39 bits per heavy atom. The summed E-state index contributed by atoms with van der Waals surface area (Å²) < 4.78 is 33.8. The van der Waals surface area contributed by atoms with E-state index in [2.05, 4.69) is 33.9 Å². The monoisotopic (exact) mass is 416 g/mol. The molecule has 1 N–H and O–H groups in total. The number of ether oxygens (including phenoxy) is 5. The predicted molar refractivity (Wildman–Crippen MR) is 111 cm³/mol. The summed E-state index contributed by atoms with van der Waals surface area (Å²) in [6.07, 6.45) is 0. The number of aliphatic hydroxyl groups excluding tert-OH is 1. The molecule has 0 saturated carbocycles. The molecule has 1 aromatic carbocycles. The van der Waals surface area contributed by atoms with E-state index in [9.17, 15) is 5.11 Å². The van der Waals surface area contributed by atoms with Crippen LogP contribution in [0.5, 0.6) is 17.2 Å². The van der Waals surface area contributed by atoms with Gasteiger partial charge in [-0.3, -0.25) is 0 Å². The molecule has 0 bridgehead atoms. The lowest BCUT2D eigenvalue weighted by Gasteiger charge is -2.36. The molecule has 0 aliphatic heterocycles. The van der Waals surface area contributed by atoms with Gasteiger partial charge in [-0.1, -0.05) is 20.8 Å². The minimum atomic E-state index is -1.84. The standard InChI is InChI=1S/C20H36O7Si/c1-19(2,3)28(8,9)27-11-10-26-18-16(22-4)12-15(13-17(18)23-5)20(14-21,24-6)25-7/h12-13,21H,10-11,14H2,1-9H3. The van der Waals surface area contributed by atoms with Crippen molar-refractivity contribution in [1.29, 1.82) is 0 Å². The van der Waals surface area contributed by atoms with Crippen molar-refractivity contribution >= 4 is 8.32 Å². The molecule has 0 amide bonds. The summed E-state index contributed by atoms with van der Waals surface area (Å²) in [5.41, 5.74) is 0.554. The molecule has 0 aliphatic rings. The van der Waals surface area contributed by atoms with Crippen molar-refractivity contribution < 1.29 is 33.2 Å². The molecular formula is C20H36O7Si. The highest BCUT2D eigenvalue weighted by atomic mass is 28.4. The fourth-order valence-corrected chi connectivity index (χ4v) is 3.47. The average molecular weight is 417 g/mol. The van der Waals surface area contributed by atoms with Gasteiger partial charge in [0.1, 0.15) is 13.2 Å². The van der Waals surface area contributed by atoms with Gasteiger partial charge in [0.15, 0.2) is 19.8 Å². The van der Waals surface area contributed by atoms with Crippen molar-refractivity contribution in [3.8, 4) is 17.2 Å². The molecule has 0 unspecified atom stereocenters. The molecule has 1 rings (SSSR count).